The summed E-state index contributed by atoms with van der Waals surface area (Å²) < 4.78 is 0. The van der Waals surface area contributed by atoms with Crippen LogP contribution in [0.5, 0.6) is 0 Å². The van der Waals surface area contributed by atoms with Crippen molar-refractivity contribution in [2.24, 2.45) is 0 Å². The SMILES string of the molecule is Clc1ccccc1C=Cc1ccc(C=Cc2ccccc2Cl)cc1. The lowest BCUT2D eigenvalue weighted by Crippen LogP contribution is -1.77. The average Bonchev–Trinajstić information content (AvgIpc) is 2.61. The van der Waals surface area contributed by atoms with Crippen LogP contribution in [0.2, 0.25) is 10.0 Å². The van der Waals surface area contributed by atoms with Crippen molar-refractivity contribution in [3.63, 3.8) is 0 Å². The molecule has 0 nitrogen and oxygen atoms in total. The van der Waals surface area contributed by atoms with Crippen LogP contribution in [0.4, 0.5) is 0 Å². The smallest absolute Gasteiger partial charge is 0.0478 e. The molecular formula is C22H16Cl2. The van der Waals surface area contributed by atoms with Crippen molar-refractivity contribution in [3.05, 3.63) is 105 Å². The van der Waals surface area contributed by atoms with E-state index in [9.17, 15) is 0 Å². The standard InChI is InChI=1S/C22H16Cl2/c23-21-7-3-1-5-19(21)15-13-17-9-11-18(12-10-17)14-16-20-6-2-4-8-22(20)24/h1-16H. The lowest BCUT2D eigenvalue weighted by Gasteiger charge is -1.99. The number of halogens is 2. The Morgan fingerprint density at radius 2 is 0.833 bits per heavy atom. The van der Waals surface area contributed by atoms with Gasteiger partial charge in [-0.3, -0.25) is 0 Å². The molecular weight excluding hydrogens is 335 g/mol. The maximum Gasteiger partial charge on any atom is 0.0478 e. The molecule has 0 radical (unpaired) electrons. The van der Waals surface area contributed by atoms with Crippen LogP contribution in [-0.4, -0.2) is 0 Å². The zero-order valence-electron chi connectivity index (χ0n) is 13.0. The summed E-state index contributed by atoms with van der Waals surface area (Å²) in [5, 5.41) is 1.51. The van der Waals surface area contributed by atoms with Crippen LogP contribution in [-0.2, 0) is 0 Å². The van der Waals surface area contributed by atoms with Crippen LogP contribution >= 0.6 is 23.2 Å². The van der Waals surface area contributed by atoms with Crippen molar-refractivity contribution in [1.29, 1.82) is 0 Å². The van der Waals surface area contributed by atoms with E-state index in [0.717, 1.165) is 32.3 Å². The van der Waals surface area contributed by atoms with Crippen LogP contribution < -0.4 is 0 Å². The fraction of sp³-hybridized carbons (Fsp3) is 0. The molecule has 0 aromatic heterocycles. The summed E-state index contributed by atoms with van der Waals surface area (Å²) >= 11 is 12.3. The quantitative estimate of drug-likeness (QED) is 0.432. The first-order chi connectivity index (χ1) is 11.7. The number of benzene rings is 3. The molecule has 3 aromatic rings. The van der Waals surface area contributed by atoms with Gasteiger partial charge in [0, 0.05) is 10.0 Å². The topological polar surface area (TPSA) is 0 Å². The van der Waals surface area contributed by atoms with Crippen molar-refractivity contribution < 1.29 is 0 Å². The molecule has 0 heterocycles. The van der Waals surface area contributed by atoms with Gasteiger partial charge in [-0.05, 0) is 34.4 Å². The van der Waals surface area contributed by atoms with Gasteiger partial charge in [-0.1, -0.05) is 108 Å². The molecule has 0 saturated heterocycles. The van der Waals surface area contributed by atoms with Crippen LogP contribution in [0.15, 0.2) is 72.8 Å². The largest absolute Gasteiger partial charge is 0.0837 e. The van der Waals surface area contributed by atoms with Gasteiger partial charge in [0.2, 0.25) is 0 Å². The van der Waals surface area contributed by atoms with Gasteiger partial charge in [-0.25, -0.2) is 0 Å². The molecule has 0 atom stereocenters. The zero-order chi connectivity index (χ0) is 16.8. The highest BCUT2D eigenvalue weighted by molar-refractivity contribution is 6.32. The van der Waals surface area contributed by atoms with E-state index in [-0.39, 0.29) is 0 Å². The Hall–Kier alpha value is -2.28. The van der Waals surface area contributed by atoms with Gasteiger partial charge in [-0.2, -0.15) is 0 Å². The van der Waals surface area contributed by atoms with Crippen molar-refractivity contribution in [2.45, 2.75) is 0 Å². The monoisotopic (exact) mass is 350 g/mol. The van der Waals surface area contributed by atoms with E-state index in [0.29, 0.717) is 0 Å². The molecule has 0 aliphatic heterocycles. The summed E-state index contributed by atoms with van der Waals surface area (Å²) in [6.45, 7) is 0. The average molecular weight is 351 g/mol. The Bertz CT molecular complexity index is 800. The van der Waals surface area contributed by atoms with Gasteiger partial charge >= 0.3 is 0 Å². The lowest BCUT2D eigenvalue weighted by molar-refractivity contribution is 1.61. The van der Waals surface area contributed by atoms with Crippen molar-refractivity contribution in [3.8, 4) is 0 Å². The summed E-state index contributed by atoms with van der Waals surface area (Å²) in [7, 11) is 0. The van der Waals surface area contributed by atoms with Crippen molar-refractivity contribution >= 4 is 47.5 Å². The Labute approximate surface area is 152 Å². The van der Waals surface area contributed by atoms with E-state index in [2.05, 4.69) is 36.4 Å². The summed E-state index contributed by atoms with van der Waals surface area (Å²) in [5.74, 6) is 0. The molecule has 2 heteroatoms. The Kier molecular flexibility index (Phi) is 5.53. The second-order valence-corrected chi connectivity index (χ2v) is 6.19. The van der Waals surface area contributed by atoms with Gasteiger partial charge in [-0.15, -0.1) is 0 Å². The third kappa shape index (κ3) is 4.38. The number of hydrogen-bond acceptors (Lipinski definition) is 0. The van der Waals surface area contributed by atoms with E-state index in [1.54, 1.807) is 0 Å². The first kappa shape index (κ1) is 16.6. The minimum atomic E-state index is 0.757. The van der Waals surface area contributed by atoms with Crippen molar-refractivity contribution in [1.82, 2.24) is 0 Å². The second kappa shape index (κ2) is 8.01. The molecule has 3 rings (SSSR count). The molecule has 118 valence electrons. The molecule has 0 aliphatic rings. The van der Waals surface area contributed by atoms with Gasteiger partial charge in [0.15, 0.2) is 0 Å². The third-order valence-corrected chi connectivity index (χ3v) is 4.35. The molecule has 0 bridgehead atoms. The summed E-state index contributed by atoms with van der Waals surface area (Å²) in [4.78, 5) is 0. The molecule has 0 unspecified atom stereocenters. The first-order valence-corrected chi connectivity index (χ1v) is 8.43. The molecule has 0 N–H and O–H groups in total. The Morgan fingerprint density at radius 1 is 0.458 bits per heavy atom. The molecule has 0 saturated carbocycles. The Balaban J connectivity index is 1.72. The maximum atomic E-state index is 6.16. The van der Waals surface area contributed by atoms with Crippen LogP contribution in [0, 0.1) is 0 Å². The highest BCUT2D eigenvalue weighted by Gasteiger charge is 1.95. The van der Waals surface area contributed by atoms with Crippen LogP contribution in [0.1, 0.15) is 22.3 Å². The maximum absolute atomic E-state index is 6.16. The van der Waals surface area contributed by atoms with Crippen LogP contribution in [0.3, 0.4) is 0 Å². The second-order valence-electron chi connectivity index (χ2n) is 5.38. The van der Waals surface area contributed by atoms with Gasteiger partial charge in [0.25, 0.3) is 0 Å². The van der Waals surface area contributed by atoms with E-state index in [1.165, 1.54) is 0 Å². The molecule has 3 aromatic carbocycles. The van der Waals surface area contributed by atoms with E-state index in [1.807, 2.05) is 60.7 Å². The van der Waals surface area contributed by atoms with Gasteiger partial charge in [0.1, 0.15) is 0 Å². The fourth-order valence-corrected chi connectivity index (χ4v) is 2.71. The van der Waals surface area contributed by atoms with Gasteiger partial charge in [0.05, 0.1) is 0 Å². The normalized spacial score (nSPS) is 11.4. The van der Waals surface area contributed by atoms with Crippen molar-refractivity contribution in [2.75, 3.05) is 0 Å². The van der Waals surface area contributed by atoms with E-state index < -0.39 is 0 Å². The van der Waals surface area contributed by atoms with E-state index >= 15 is 0 Å². The third-order valence-electron chi connectivity index (χ3n) is 3.66. The molecule has 0 amide bonds. The molecule has 0 spiro atoms. The van der Waals surface area contributed by atoms with Crippen LogP contribution in [0.25, 0.3) is 24.3 Å². The Morgan fingerprint density at radius 3 is 1.21 bits per heavy atom. The molecule has 0 aliphatic carbocycles. The zero-order valence-corrected chi connectivity index (χ0v) is 14.5. The van der Waals surface area contributed by atoms with Gasteiger partial charge < -0.3 is 0 Å². The predicted octanol–water partition coefficient (Wildman–Crippen LogP) is 7.33. The minimum absolute atomic E-state index is 0.757. The number of rotatable bonds is 4. The fourth-order valence-electron chi connectivity index (χ4n) is 2.31. The van der Waals surface area contributed by atoms with E-state index in [4.69, 9.17) is 23.2 Å². The number of hydrogen-bond donors (Lipinski definition) is 0. The minimum Gasteiger partial charge on any atom is -0.0837 e. The molecule has 24 heavy (non-hydrogen) atoms. The highest BCUT2D eigenvalue weighted by Crippen LogP contribution is 2.20. The molecule has 0 fully saturated rings. The predicted molar refractivity (Wildman–Crippen MR) is 107 cm³/mol. The first-order valence-electron chi connectivity index (χ1n) is 7.68. The summed E-state index contributed by atoms with van der Waals surface area (Å²) in [6.07, 6.45) is 8.17. The summed E-state index contributed by atoms with van der Waals surface area (Å²) in [6, 6.07) is 23.9. The highest BCUT2D eigenvalue weighted by atomic mass is 35.5. The lowest BCUT2D eigenvalue weighted by atomic mass is 10.1. The summed E-state index contributed by atoms with van der Waals surface area (Å²) in [5.41, 5.74) is 4.29.